The van der Waals surface area contributed by atoms with Gasteiger partial charge in [-0.2, -0.15) is 4.31 Å². The SMILES string of the molecule is CCCN(CCCNC(=O)OCCOCCOCCOCCOCCOCCOCCOCCOCCOCCOCCOCCOCCOCCOCCOCCOCCOCCOCCOCCOCCOCCOCCOCCOCCC(=O)O)C(=O)C1=Cc2ccc(-c3cccc(S(=O)(=O)N4CC(CO)C4)c3)cc2N=C(N)C1. The summed E-state index contributed by atoms with van der Waals surface area (Å²) in [5.41, 5.74) is 9.54. The summed E-state index contributed by atoms with van der Waals surface area (Å²) in [7, 11) is -3.71. The van der Waals surface area contributed by atoms with Gasteiger partial charge in [0.05, 0.1) is 334 Å². The van der Waals surface area contributed by atoms with Crippen LogP contribution in [0.5, 0.6) is 0 Å². The van der Waals surface area contributed by atoms with Gasteiger partial charge in [-0.05, 0) is 48.2 Å². The van der Waals surface area contributed by atoms with Crippen molar-refractivity contribution in [3.05, 3.63) is 53.6 Å². The fourth-order valence-corrected chi connectivity index (χ4v) is 12.0. The van der Waals surface area contributed by atoms with Gasteiger partial charge in [-0.1, -0.05) is 31.2 Å². The zero-order chi connectivity index (χ0) is 83.5. The van der Waals surface area contributed by atoms with Gasteiger partial charge < -0.3 is 145 Å². The number of nitrogens with two attached hydrogens (primary N) is 1. The number of nitrogens with zero attached hydrogens (tertiary/aromatic N) is 3. The fraction of sp³-hybridized carbons (Fsp3) is 0.772. The van der Waals surface area contributed by atoms with Crippen molar-refractivity contribution in [2.45, 2.75) is 37.5 Å². The van der Waals surface area contributed by atoms with E-state index in [0.717, 1.165) is 12.0 Å². The number of alkyl carbamates (subject to hydrolysis) is 1. The largest absolute Gasteiger partial charge is 0.481 e. The summed E-state index contributed by atoms with van der Waals surface area (Å²) >= 11 is 0. The van der Waals surface area contributed by atoms with E-state index >= 15 is 0 Å². The average molecular weight is 1700 g/mol. The first-order valence-electron chi connectivity index (χ1n) is 40.7. The quantitative estimate of drug-likeness (QED) is 0.0692. The van der Waals surface area contributed by atoms with Crippen molar-refractivity contribution in [3.8, 4) is 11.1 Å². The number of carboxylic acids is 1. The smallest absolute Gasteiger partial charge is 0.407 e. The van der Waals surface area contributed by atoms with Crippen LogP contribution in [0.15, 0.2) is 57.9 Å². The van der Waals surface area contributed by atoms with Crippen molar-refractivity contribution in [2.75, 3.05) is 363 Å². The Kier molecular flexibility index (Phi) is 66.4. The number of hydrogen-bond acceptors (Lipinski definition) is 33. The molecule has 5 N–H and O–H groups in total. The van der Waals surface area contributed by atoms with E-state index in [1.165, 1.54) is 4.31 Å². The number of carbonyl (C=O) groups excluding carboxylic acids is 2. The average Bonchev–Trinajstić information content (AvgIpc) is 1.02. The van der Waals surface area contributed by atoms with Gasteiger partial charge in [0.25, 0.3) is 0 Å². The van der Waals surface area contributed by atoms with Crippen LogP contribution in [0.1, 0.15) is 38.2 Å². The van der Waals surface area contributed by atoms with Crippen LogP contribution in [0, 0.1) is 5.92 Å². The van der Waals surface area contributed by atoms with Crippen LogP contribution >= 0.6 is 0 Å². The molecule has 2 aliphatic rings. The standard InChI is InChI=1S/C79H135N5O32S/c1-2-11-83(78(88)73-62-72-8-7-71(64-75(72)82-76(80)65-73)70-5-3-6-74(63-70)117(90,91)84-66-69(67-84)68-85)12-4-10-81-79(89)116-61-60-115-59-58-114-57-56-113-55-54-112-53-52-111-51-50-110-49-48-109-47-46-108-45-44-107-43-42-106-41-40-105-39-38-104-37-36-103-35-34-102-33-32-101-31-30-100-29-28-99-27-26-98-25-24-97-23-22-96-21-20-95-19-18-94-17-16-93-15-14-92-13-9-77(86)87/h3,5-8,62-64,69,85H,2,4,9-61,65-68H2,1H3,(H2,80,82)(H,81,89)(H,86,87). The molecule has 2 aromatic carbocycles. The maximum absolute atomic E-state index is 13.9. The van der Waals surface area contributed by atoms with E-state index in [1.807, 2.05) is 31.2 Å². The first-order valence-corrected chi connectivity index (χ1v) is 42.1. The molecule has 2 aromatic rings. The van der Waals surface area contributed by atoms with E-state index in [2.05, 4.69) is 10.3 Å². The van der Waals surface area contributed by atoms with Gasteiger partial charge in [-0.25, -0.2) is 18.2 Å². The maximum atomic E-state index is 13.9. The van der Waals surface area contributed by atoms with E-state index in [9.17, 15) is 27.9 Å². The number of fused-ring (bicyclic) bond motifs is 1. The van der Waals surface area contributed by atoms with Gasteiger partial charge >= 0.3 is 12.1 Å². The molecular formula is C79H135N5O32S. The van der Waals surface area contributed by atoms with Crippen LogP contribution < -0.4 is 11.1 Å². The number of benzene rings is 2. The summed E-state index contributed by atoms with van der Waals surface area (Å²) in [6.45, 7) is 24.7. The number of aliphatic hydroxyl groups excluding tert-OH is 1. The summed E-state index contributed by atoms with van der Waals surface area (Å²) in [5, 5.41) is 20.6. The zero-order valence-electron chi connectivity index (χ0n) is 68.9. The molecule has 2 amide bonds. The number of nitrogens with one attached hydrogen (secondary N) is 1. The third kappa shape index (κ3) is 56.9. The molecule has 4 rings (SSSR count). The molecule has 38 heteroatoms. The topological polar surface area (TPSA) is 413 Å². The number of sulfonamides is 1. The number of aliphatic carboxylic acids is 1. The number of amidine groups is 1. The second-order valence-corrected chi connectivity index (χ2v) is 27.6. The van der Waals surface area contributed by atoms with Crippen LogP contribution in [0.3, 0.4) is 0 Å². The Morgan fingerprint density at radius 3 is 1.08 bits per heavy atom. The number of amides is 2. The monoisotopic (exact) mass is 1700 g/mol. The van der Waals surface area contributed by atoms with E-state index < -0.39 is 22.1 Å². The van der Waals surface area contributed by atoms with E-state index in [-0.39, 0.29) is 74.9 Å². The van der Waals surface area contributed by atoms with Crippen LogP contribution in [0.4, 0.5) is 10.5 Å². The molecule has 0 unspecified atom stereocenters. The van der Waals surface area contributed by atoms with Gasteiger partial charge in [0, 0.05) is 62.8 Å². The summed E-state index contributed by atoms with van der Waals surface area (Å²) < 4.78 is 165. The van der Waals surface area contributed by atoms with E-state index in [1.54, 1.807) is 29.2 Å². The number of aliphatic hydroxyl groups is 1. The molecule has 0 bridgehead atoms. The molecule has 0 radical (unpaired) electrons. The van der Waals surface area contributed by atoms with Crippen molar-refractivity contribution in [1.82, 2.24) is 14.5 Å². The Morgan fingerprint density at radius 1 is 0.444 bits per heavy atom. The molecule has 0 aliphatic carbocycles. The van der Waals surface area contributed by atoms with E-state index in [4.69, 9.17) is 129 Å². The zero-order valence-corrected chi connectivity index (χ0v) is 69.7. The van der Waals surface area contributed by atoms with Crippen molar-refractivity contribution in [3.63, 3.8) is 0 Å². The molecule has 117 heavy (non-hydrogen) atoms. The highest BCUT2D eigenvalue weighted by atomic mass is 32.2. The third-order valence-corrected chi connectivity index (χ3v) is 18.2. The van der Waals surface area contributed by atoms with Gasteiger partial charge in [0.15, 0.2) is 0 Å². The van der Waals surface area contributed by atoms with Gasteiger partial charge in [-0.15, -0.1) is 0 Å². The second-order valence-electron chi connectivity index (χ2n) is 25.7. The van der Waals surface area contributed by atoms with Crippen molar-refractivity contribution >= 4 is 45.6 Å². The molecular weight excluding hydrogens is 1560 g/mol. The molecule has 2 heterocycles. The summed E-state index contributed by atoms with van der Waals surface area (Å²) in [4.78, 5) is 43.2. The molecule has 1 fully saturated rings. The molecule has 37 nitrogen and oxygen atoms in total. The molecule has 2 aliphatic heterocycles. The van der Waals surface area contributed by atoms with Gasteiger partial charge in [-0.3, -0.25) is 9.59 Å². The first kappa shape index (κ1) is 104. The normalized spacial score (nSPS) is 13.2. The van der Waals surface area contributed by atoms with Crippen molar-refractivity contribution in [1.29, 1.82) is 0 Å². The minimum Gasteiger partial charge on any atom is -0.481 e. The van der Waals surface area contributed by atoms with E-state index in [0.29, 0.717) is 352 Å². The van der Waals surface area contributed by atoms with Crippen LogP contribution in [0.25, 0.3) is 17.2 Å². The van der Waals surface area contributed by atoms with Crippen LogP contribution in [0.2, 0.25) is 0 Å². The Hall–Kier alpha value is -5.23. The van der Waals surface area contributed by atoms with Gasteiger partial charge in [0.1, 0.15) is 12.4 Å². The number of aliphatic imine (C=N–C) groups is 1. The van der Waals surface area contributed by atoms with Crippen LogP contribution in [-0.2, 0) is 138 Å². The lowest BCUT2D eigenvalue weighted by atomic mass is 10.0. The minimum atomic E-state index is -3.71. The Labute approximate surface area is 690 Å². The summed E-state index contributed by atoms with van der Waals surface area (Å²) in [6, 6.07) is 12.3. The number of rotatable bonds is 86. The third-order valence-electron chi connectivity index (χ3n) is 16.4. The van der Waals surface area contributed by atoms with Gasteiger partial charge in [0.2, 0.25) is 15.9 Å². The first-order chi connectivity index (χ1) is 57.5. The molecule has 0 saturated carbocycles. The Balaban J connectivity index is 0.752. The lowest BCUT2D eigenvalue weighted by Crippen LogP contribution is -2.51. The highest BCUT2D eigenvalue weighted by Gasteiger charge is 2.36. The maximum Gasteiger partial charge on any atom is 0.407 e. The number of ether oxygens (including phenoxy) is 25. The number of carboxylic acid groups (broad SMARTS) is 1. The lowest BCUT2D eigenvalue weighted by Gasteiger charge is -2.36. The second kappa shape index (κ2) is 74.6. The molecule has 674 valence electrons. The van der Waals surface area contributed by atoms with Crippen molar-refractivity contribution in [2.24, 2.45) is 16.6 Å². The summed E-state index contributed by atoms with van der Waals surface area (Å²) in [6.07, 6.45) is 2.58. The van der Waals surface area contributed by atoms with Crippen LogP contribution in [-0.4, -0.2) is 415 Å². The Morgan fingerprint density at radius 2 is 0.761 bits per heavy atom. The fourth-order valence-electron chi connectivity index (χ4n) is 10.3. The summed E-state index contributed by atoms with van der Waals surface area (Å²) in [5.74, 6) is -0.839. The van der Waals surface area contributed by atoms with Crippen molar-refractivity contribution < 1.29 is 151 Å². The Bertz CT molecular complexity index is 2910. The number of carbonyl (C=O) groups is 3. The number of hydrogen-bond donors (Lipinski definition) is 4. The lowest BCUT2D eigenvalue weighted by molar-refractivity contribution is -0.138. The minimum absolute atomic E-state index is 0.0146. The highest BCUT2D eigenvalue weighted by molar-refractivity contribution is 7.89. The predicted octanol–water partition coefficient (Wildman–Crippen LogP) is 2.97. The predicted molar refractivity (Wildman–Crippen MR) is 428 cm³/mol. The molecule has 0 spiro atoms. The molecule has 1 saturated heterocycles. The highest BCUT2D eigenvalue weighted by Crippen LogP contribution is 2.34. The molecule has 0 aromatic heterocycles. The molecule has 0 atom stereocenters.